The van der Waals surface area contributed by atoms with E-state index >= 15 is 0 Å². The molecular weight excluding hydrogens is 176 g/mol. The summed E-state index contributed by atoms with van der Waals surface area (Å²) in [5, 5.41) is 0.0405. The van der Waals surface area contributed by atoms with Crippen LogP contribution in [0.4, 0.5) is 0 Å². The van der Waals surface area contributed by atoms with E-state index in [0.29, 0.717) is 0 Å². The summed E-state index contributed by atoms with van der Waals surface area (Å²) in [5.41, 5.74) is 6.71. The van der Waals surface area contributed by atoms with Crippen molar-refractivity contribution >= 4 is 11.9 Å². The first-order valence-electron chi connectivity index (χ1n) is 3.33. The zero-order valence-corrected chi connectivity index (χ0v) is 7.08. The molecule has 0 atom stereocenters. The number of ether oxygens (including phenoxy) is 2. The van der Waals surface area contributed by atoms with E-state index in [1.807, 2.05) is 0 Å². The van der Waals surface area contributed by atoms with Gasteiger partial charge in [-0.25, -0.2) is 9.59 Å². The van der Waals surface area contributed by atoms with Crippen LogP contribution < -0.4 is 5.36 Å². The van der Waals surface area contributed by atoms with Gasteiger partial charge in [0.25, 0.3) is 0 Å². The fourth-order valence-electron chi connectivity index (χ4n) is 0.891. The fourth-order valence-corrected chi connectivity index (χ4v) is 0.891. The highest BCUT2D eigenvalue weighted by atomic mass is 16.5. The summed E-state index contributed by atoms with van der Waals surface area (Å²) < 4.78 is 8.72. The summed E-state index contributed by atoms with van der Waals surface area (Å²) in [6.07, 6.45) is 0. The second-order valence-corrected chi connectivity index (χ2v) is 2.19. The van der Waals surface area contributed by atoms with Crippen LogP contribution in [0.15, 0.2) is 0 Å². The lowest BCUT2D eigenvalue weighted by Gasteiger charge is -1.88. The minimum atomic E-state index is -0.675. The maximum Gasteiger partial charge on any atom is 0.396 e. The molecule has 0 amide bonds. The van der Waals surface area contributed by atoms with Crippen molar-refractivity contribution in [2.45, 2.75) is 0 Å². The van der Waals surface area contributed by atoms with Crippen LogP contribution >= 0.6 is 0 Å². The number of hydrogen-bond acceptors (Lipinski definition) is 5. The van der Waals surface area contributed by atoms with Gasteiger partial charge in [0.2, 0.25) is 0 Å². The van der Waals surface area contributed by atoms with Gasteiger partial charge in [0.05, 0.1) is 24.5 Å². The van der Waals surface area contributed by atoms with Crippen molar-refractivity contribution in [2.24, 2.45) is 0 Å². The van der Waals surface area contributed by atoms with Gasteiger partial charge in [-0.2, -0.15) is 0 Å². The van der Waals surface area contributed by atoms with Gasteiger partial charge in [-0.15, -0.1) is 0 Å². The second-order valence-electron chi connectivity index (χ2n) is 2.19. The third kappa shape index (κ3) is 1.34. The molecule has 1 aromatic rings. The highest BCUT2D eigenvalue weighted by molar-refractivity contribution is 6.08. The monoisotopic (exact) mass is 183 g/mol. The summed E-state index contributed by atoms with van der Waals surface area (Å²) in [4.78, 5) is 24.8. The van der Waals surface area contributed by atoms with E-state index in [0.717, 1.165) is 0 Å². The lowest BCUT2D eigenvalue weighted by molar-refractivity contribution is -0.167. The number of hydrogen-bond donors (Lipinski definition) is 1. The Morgan fingerprint density at radius 1 is 1.15 bits per heavy atom. The molecule has 0 aliphatic heterocycles. The Hall–Kier alpha value is -1.94. The SMILES string of the molecule is COC(=O)c1c(C(=O)OC)c1=[N+]=N. The number of carbonyl (C=O) groups is 2. The van der Waals surface area contributed by atoms with Gasteiger partial charge < -0.3 is 9.47 Å². The van der Waals surface area contributed by atoms with Crippen LogP contribution in [0.3, 0.4) is 0 Å². The van der Waals surface area contributed by atoms with Gasteiger partial charge in [0, 0.05) is 0 Å². The Morgan fingerprint density at radius 2 is 1.54 bits per heavy atom. The minimum Gasteiger partial charge on any atom is -0.465 e. The summed E-state index contributed by atoms with van der Waals surface area (Å²) in [5.74, 6) is -1.35. The average Bonchev–Trinajstić information content (AvgIpc) is 2.89. The average molecular weight is 183 g/mol. The highest BCUT2D eigenvalue weighted by Gasteiger charge is 2.42. The summed E-state index contributed by atoms with van der Waals surface area (Å²) >= 11 is 0. The zero-order chi connectivity index (χ0) is 10.0. The topological polar surface area (TPSA) is 90.6 Å². The molecule has 68 valence electrons. The van der Waals surface area contributed by atoms with Gasteiger partial charge in [-0.3, -0.25) is 0 Å². The largest absolute Gasteiger partial charge is 0.465 e. The Labute approximate surface area is 73.0 Å². The van der Waals surface area contributed by atoms with Crippen LogP contribution in [0.2, 0.25) is 0 Å². The predicted octanol–water partition coefficient (Wildman–Crippen LogP) is -0.725. The molecule has 0 bridgehead atoms. The molecule has 0 radical (unpaired) electrons. The van der Waals surface area contributed by atoms with Crippen LogP contribution in [0.25, 0.3) is 0 Å². The van der Waals surface area contributed by atoms with Crippen molar-refractivity contribution in [1.82, 2.24) is 0 Å². The third-order valence-electron chi connectivity index (χ3n) is 1.55. The molecule has 0 aliphatic carbocycles. The number of methoxy groups -OCH3 is 2. The summed E-state index contributed by atoms with van der Waals surface area (Å²) in [7, 11) is 2.37. The van der Waals surface area contributed by atoms with Gasteiger partial charge in [-0.1, -0.05) is 0 Å². The van der Waals surface area contributed by atoms with Crippen molar-refractivity contribution in [3.8, 4) is 0 Å². The zero-order valence-electron chi connectivity index (χ0n) is 7.08. The normalized spacial score (nSPS) is 9.38. The first-order chi connectivity index (χ1) is 6.17. The summed E-state index contributed by atoms with van der Waals surface area (Å²) in [6, 6.07) is 0. The van der Waals surface area contributed by atoms with Crippen molar-refractivity contribution in [2.75, 3.05) is 14.2 Å². The van der Waals surface area contributed by atoms with Crippen molar-refractivity contribution in [3.05, 3.63) is 16.5 Å². The molecule has 0 aromatic heterocycles. The molecule has 0 heterocycles. The Balaban J connectivity index is 3.06. The van der Waals surface area contributed by atoms with Gasteiger partial charge in [-0.05, 0) is 0 Å². The van der Waals surface area contributed by atoms with Crippen LogP contribution in [0.1, 0.15) is 20.7 Å². The quantitative estimate of drug-likeness (QED) is 0.372. The van der Waals surface area contributed by atoms with E-state index in [-0.39, 0.29) is 16.5 Å². The van der Waals surface area contributed by atoms with Crippen molar-refractivity contribution in [1.29, 1.82) is 5.53 Å². The van der Waals surface area contributed by atoms with Crippen LogP contribution in [0.5, 0.6) is 0 Å². The van der Waals surface area contributed by atoms with Crippen LogP contribution in [-0.4, -0.2) is 30.9 Å². The molecule has 6 heteroatoms. The number of rotatable bonds is 2. The molecule has 1 aromatic carbocycles. The number of esters is 2. The van der Waals surface area contributed by atoms with Crippen LogP contribution in [-0.2, 0) is 9.47 Å². The fraction of sp³-hybridized carbons (Fsp3) is 0.286. The first-order valence-corrected chi connectivity index (χ1v) is 3.33. The lowest BCUT2D eigenvalue weighted by atomic mass is 10.4. The summed E-state index contributed by atoms with van der Waals surface area (Å²) in [6.45, 7) is 0. The van der Waals surface area contributed by atoms with Crippen molar-refractivity contribution in [3.63, 3.8) is 0 Å². The predicted molar refractivity (Wildman–Crippen MR) is 37.6 cm³/mol. The third-order valence-corrected chi connectivity index (χ3v) is 1.55. The van der Waals surface area contributed by atoms with E-state index in [2.05, 4.69) is 14.3 Å². The molecule has 0 aliphatic rings. The molecule has 13 heavy (non-hydrogen) atoms. The van der Waals surface area contributed by atoms with Gasteiger partial charge in [0.15, 0.2) is 11.1 Å². The standard InChI is InChI=1S/C7H7N2O4/c1-12-6(10)3-4(5(3)9-8)7(11)13-2/h8H,1-2H3/q+1. The lowest BCUT2D eigenvalue weighted by Crippen LogP contribution is -2.00. The molecular formula is C7H7N2O4+. The Kier molecular flexibility index (Phi) is 2.25. The van der Waals surface area contributed by atoms with Gasteiger partial charge in [0.1, 0.15) is 0 Å². The van der Waals surface area contributed by atoms with Gasteiger partial charge >= 0.3 is 17.3 Å². The molecule has 6 nitrogen and oxygen atoms in total. The Bertz CT molecular complexity index is 376. The number of carbonyl (C=O) groups excluding carboxylic acids is 2. The van der Waals surface area contributed by atoms with E-state index in [4.69, 9.17) is 5.53 Å². The molecule has 0 spiro atoms. The van der Waals surface area contributed by atoms with E-state index in [1.165, 1.54) is 14.2 Å². The Morgan fingerprint density at radius 3 is 1.77 bits per heavy atom. The maximum atomic E-state index is 10.9. The molecule has 0 saturated heterocycles. The van der Waals surface area contributed by atoms with Crippen LogP contribution in [0, 0.1) is 5.53 Å². The molecule has 0 fully saturated rings. The maximum absolute atomic E-state index is 10.9. The smallest absolute Gasteiger partial charge is 0.396 e. The van der Waals surface area contributed by atoms with E-state index in [1.54, 1.807) is 0 Å². The molecule has 1 rings (SSSR count). The first kappa shape index (κ1) is 9.15. The minimum absolute atomic E-state index is 0.0318. The number of nitrogens with one attached hydrogen (secondary N) is 1. The molecule has 1 N–H and O–H groups in total. The van der Waals surface area contributed by atoms with E-state index < -0.39 is 11.9 Å². The molecule has 0 unspecified atom stereocenters. The molecule has 0 saturated carbocycles. The highest BCUT2D eigenvalue weighted by Crippen LogP contribution is 2.10. The van der Waals surface area contributed by atoms with E-state index in [9.17, 15) is 9.59 Å². The van der Waals surface area contributed by atoms with Crippen molar-refractivity contribution < 1.29 is 23.9 Å². The number of nitrogens with zero attached hydrogens (tertiary/aromatic N) is 1. The second kappa shape index (κ2) is 3.20.